The Morgan fingerprint density at radius 3 is 2.92 bits per heavy atom. The summed E-state index contributed by atoms with van der Waals surface area (Å²) in [4.78, 5) is 16.4. The molecule has 0 fully saturated rings. The predicted molar refractivity (Wildman–Crippen MR) is 101 cm³/mol. The van der Waals surface area contributed by atoms with Crippen molar-refractivity contribution in [1.82, 2.24) is 4.98 Å². The van der Waals surface area contributed by atoms with Crippen molar-refractivity contribution in [2.45, 2.75) is 39.2 Å². The Hall–Kier alpha value is -2.60. The second-order valence-corrected chi connectivity index (χ2v) is 7.07. The number of pyridine rings is 1. The zero-order valence-corrected chi connectivity index (χ0v) is 15.4. The molecule has 6 heteroatoms. The van der Waals surface area contributed by atoms with Crippen LogP contribution in [-0.4, -0.2) is 23.0 Å². The monoisotopic (exact) mass is 355 g/mol. The molecule has 1 aliphatic rings. The molecule has 1 aromatic heterocycles. The van der Waals surface area contributed by atoms with Gasteiger partial charge in [0.05, 0.1) is 24.0 Å². The fourth-order valence-electron chi connectivity index (χ4n) is 2.68. The molecule has 2 atom stereocenters. The fourth-order valence-corrected chi connectivity index (χ4v) is 2.68. The maximum atomic E-state index is 12.1. The first-order chi connectivity index (χ1) is 12.4. The number of fused-ring (bicyclic) bond motifs is 1. The van der Waals surface area contributed by atoms with Gasteiger partial charge in [0.25, 0.3) is 0 Å². The molecular weight excluding hydrogens is 330 g/mol. The Morgan fingerprint density at radius 1 is 1.42 bits per heavy atom. The van der Waals surface area contributed by atoms with Crippen LogP contribution >= 0.6 is 0 Å². The summed E-state index contributed by atoms with van der Waals surface area (Å²) in [6, 6.07) is 9.25. The molecule has 6 nitrogen and oxygen atoms in total. The van der Waals surface area contributed by atoms with Crippen LogP contribution in [0.15, 0.2) is 36.5 Å². The molecule has 3 N–H and O–H groups in total. The summed E-state index contributed by atoms with van der Waals surface area (Å²) in [5, 5.41) is 2.78. The second-order valence-electron chi connectivity index (χ2n) is 7.07. The minimum Gasteiger partial charge on any atom is -0.493 e. The lowest BCUT2D eigenvalue weighted by Crippen LogP contribution is -2.47. The summed E-state index contributed by atoms with van der Waals surface area (Å²) in [6.45, 7) is 6.45. The highest BCUT2D eigenvalue weighted by Gasteiger charge is 2.26. The first-order valence-corrected chi connectivity index (χ1v) is 8.88. The molecule has 1 amide bonds. The van der Waals surface area contributed by atoms with Crippen molar-refractivity contribution in [3.05, 3.63) is 42.1 Å². The van der Waals surface area contributed by atoms with Crippen molar-refractivity contribution >= 4 is 11.6 Å². The number of aromatic nitrogens is 1. The van der Waals surface area contributed by atoms with Crippen LogP contribution in [0.1, 0.15) is 32.8 Å². The molecular formula is C20H25N3O3. The van der Waals surface area contributed by atoms with Gasteiger partial charge < -0.3 is 20.5 Å². The summed E-state index contributed by atoms with van der Waals surface area (Å²) >= 11 is 0. The minimum atomic E-state index is -0.908. The number of nitrogens with two attached hydrogens (primary N) is 1. The zero-order valence-electron chi connectivity index (χ0n) is 15.4. The van der Waals surface area contributed by atoms with E-state index in [0.29, 0.717) is 23.9 Å². The van der Waals surface area contributed by atoms with E-state index in [0.717, 1.165) is 30.1 Å². The van der Waals surface area contributed by atoms with E-state index in [1.54, 1.807) is 25.3 Å². The van der Waals surface area contributed by atoms with Gasteiger partial charge in [0, 0.05) is 11.6 Å². The molecule has 0 bridgehead atoms. The SMILES string of the molecule is CCC(C)(N)C(=O)Nc1ccc(Oc2cccc3c2CC(C)CO3)nc1. The highest BCUT2D eigenvalue weighted by atomic mass is 16.5. The molecule has 1 aromatic carbocycles. The van der Waals surface area contributed by atoms with Crippen LogP contribution in [0.4, 0.5) is 5.69 Å². The van der Waals surface area contributed by atoms with Crippen molar-refractivity contribution in [3.8, 4) is 17.4 Å². The third-order valence-corrected chi connectivity index (χ3v) is 4.63. The van der Waals surface area contributed by atoms with E-state index >= 15 is 0 Å². The van der Waals surface area contributed by atoms with Gasteiger partial charge in [0.1, 0.15) is 11.5 Å². The number of hydrogen-bond acceptors (Lipinski definition) is 5. The number of benzene rings is 1. The topological polar surface area (TPSA) is 86.5 Å². The highest BCUT2D eigenvalue weighted by molar-refractivity contribution is 5.97. The zero-order chi connectivity index (χ0) is 18.7. The number of amides is 1. The van der Waals surface area contributed by atoms with Gasteiger partial charge in [0.15, 0.2) is 0 Å². The molecule has 0 spiro atoms. The number of nitrogens with one attached hydrogen (secondary N) is 1. The van der Waals surface area contributed by atoms with Crippen molar-refractivity contribution in [3.63, 3.8) is 0 Å². The van der Waals surface area contributed by atoms with Gasteiger partial charge in [-0.25, -0.2) is 4.98 Å². The van der Waals surface area contributed by atoms with Gasteiger partial charge in [0.2, 0.25) is 11.8 Å². The van der Waals surface area contributed by atoms with Crippen molar-refractivity contribution in [1.29, 1.82) is 0 Å². The normalized spacial score (nSPS) is 18.2. The first kappa shape index (κ1) is 18.2. The number of anilines is 1. The molecule has 1 aliphatic heterocycles. The molecule has 0 aliphatic carbocycles. The van der Waals surface area contributed by atoms with E-state index in [1.807, 2.05) is 25.1 Å². The summed E-state index contributed by atoms with van der Waals surface area (Å²) in [6.07, 6.45) is 3.02. The van der Waals surface area contributed by atoms with Gasteiger partial charge in [-0.15, -0.1) is 0 Å². The number of carbonyl (C=O) groups is 1. The largest absolute Gasteiger partial charge is 0.493 e. The number of hydrogen-bond donors (Lipinski definition) is 2. The van der Waals surface area contributed by atoms with Gasteiger partial charge in [-0.2, -0.15) is 0 Å². The standard InChI is InChI=1S/C20H25N3O3/c1-4-20(3,21)19(24)23-14-8-9-18(22-11-14)26-17-7-5-6-16-15(17)10-13(2)12-25-16/h5-9,11,13H,4,10,12,21H2,1-3H3,(H,23,24). The maximum absolute atomic E-state index is 12.1. The van der Waals surface area contributed by atoms with E-state index in [-0.39, 0.29) is 5.91 Å². The molecule has 3 rings (SSSR count). The molecule has 2 aromatic rings. The van der Waals surface area contributed by atoms with Crippen LogP contribution in [-0.2, 0) is 11.2 Å². The number of rotatable bonds is 5. The Morgan fingerprint density at radius 2 is 2.23 bits per heavy atom. The first-order valence-electron chi connectivity index (χ1n) is 8.88. The summed E-state index contributed by atoms with van der Waals surface area (Å²) < 4.78 is 11.7. The van der Waals surface area contributed by atoms with Crippen LogP contribution in [0.2, 0.25) is 0 Å². The van der Waals surface area contributed by atoms with E-state index in [9.17, 15) is 4.79 Å². The summed E-state index contributed by atoms with van der Waals surface area (Å²) in [7, 11) is 0. The van der Waals surface area contributed by atoms with Crippen molar-refractivity contribution < 1.29 is 14.3 Å². The molecule has 26 heavy (non-hydrogen) atoms. The lowest BCUT2D eigenvalue weighted by molar-refractivity contribution is -0.120. The molecule has 2 heterocycles. The smallest absolute Gasteiger partial charge is 0.244 e. The van der Waals surface area contributed by atoms with Gasteiger partial charge in [-0.05, 0) is 43.9 Å². The van der Waals surface area contributed by atoms with E-state index in [4.69, 9.17) is 15.2 Å². The van der Waals surface area contributed by atoms with Crippen LogP contribution in [0.25, 0.3) is 0 Å². The maximum Gasteiger partial charge on any atom is 0.244 e. The van der Waals surface area contributed by atoms with Crippen molar-refractivity contribution in [2.75, 3.05) is 11.9 Å². The van der Waals surface area contributed by atoms with Gasteiger partial charge in [-0.1, -0.05) is 19.9 Å². The average Bonchev–Trinajstić information content (AvgIpc) is 2.63. The van der Waals surface area contributed by atoms with Crippen LogP contribution in [0, 0.1) is 5.92 Å². The molecule has 0 saturated heterocycles. The Labute approximate surface area is 153 Å². The van der Waals surface area contributed by atoms with Crippen LogP contribution in [0.3, 0.4) is 0 Å². The molecule has 138 valence electrons. The quantitative estimate of drug-likeness (QED) is 0.857. The number of ether oxygens (including phenoxy) is 2. The third-order valence-electron chi connectivity index (χ3n) is 4.63. The van der Waals surface area contributed by atoms with E-state index in [1.165, 1.54) is 0 Å². The van der Waals surface area contributed by atoms with Crippen LogP contribution in [0.5, 0.6) is 17.4 Å². The van der Waals surface area contributed by atoms with Crippen LogP contribution < -0.4 is 20.5 Å². The lowest BCUT2D eigenvalue weighted by Gasteiger charge is -2.24. The second kappa shape index (κ2) is 7.33. The average molecular weight is 355 g/mol. The summed E-state index contributed by atoms with van der Waals surface area (Å²) in [5.41, 5.74) is 6.68. The number of carbonyl (C=O) groups excluding carboxylic acids is 1. The minimum absolute atomic E-state index is 0.237. The predicted octanol–water partition coefficient (Wildman–Crippen LogP) is 3.51. The van der Waals surface area contributed by atoms with E-state index in [2.05, 4.69) is 17.2 Å². The Bertz CT molecular complexity index is 787. The van der Waals surface area contributed by atoms with Gasteiger partial charge in [-0.3, -0.25) is 4.79 Å². The fraction of sp³-hybridized carbons (Fsp3) is 0.400. The highest BCUT2D eigenvalue weighted by Crippen LogP contribution is 2.36. The Balaban J connectivity index is 1.72. The number of nitrogens with zero attached hydrogens (tertiary/aromatic N) is 1. The van der Waals surface area contributed by atoms with Gasteiger partial charge >= 0.3 is 0 Å². The lowest BCUT2D eigenvalue weighted by atomic mass is 9.98. The Kier molecular flexibility index (Phi) is 5.13. The van der Waals surface area contributed by atoms with E-state index < -0.39 is 5.54 Å². The summed E-state index contributed by atoms with van der Waals surface area (Å²) in [5.74, 6) is 2.28. The molecule has 2 unspecified atom stereocenters. The van der Waals surface area contributed by atoms with Crippen molar-refractivity contribution in [2.24, 2.45) is 11.7 Å². The third kappa shape index (κ3) is 3.96. The molecule has 0 radical (unpaired) electrons. The molecule has 0 saturated carbocycles.